The third-order valence-electron chi connectivity index (χ3n) is 7.28. The number of anilines is 1. The van der Waals surface area contributed by atoms with Gasteiger partial charge < -0.3 is 15.4 Å². The maximum absolute atomic E-state index is 13.2. The fourth-order valence-corrected chi connectivity index (χ4v) is 7.13. The highest BCUT2D eigenvalue weighted by Gasteiger charge is 2.36. The fourth-order valence-electron chi connectivity index (χ4n) is 5.49. The van der Waals surface area contributed by atoms with E-state index in [0.29, 0.717) is 17.0 Å². The predicted octanol–water partition coefficient (Wildman–Crippen LogP) is 2.96. The van der Waals surface area contributed by atoms with Gasteiger partial charge >= 0.3 is 5.97 Å². The number of rotatable bonds is 10. The number of hydrogen-bond donors (Lipinski definition) is 3. The predicted molar refractivity (Wildman–Crippen MR) is 145 cm³/mol. The van der Waals surface area contributed by atoms with Crippen LogP contribution in [0.3, 0.4) is 0 Å². The summed E-state index contributed by atoms with van der Waals surface area (Å²) in [6, 6.07) is 6.56. The largest absolute Gasteiger partial charge is 0.465 e. The number of nitrogens with zero attached hydrogens (tertiary/aromatic N) is 1. The average Bonchev–Trinajstić information content (AvgIpc) is 2.82. The highest BCUT2D eigenvalue weighted by atomic mass is 32.2. The summed E-state index contributed by atoms with van der Waals surface area (Å²) >= 11 is 0. The van der Waals surface area contributed by atoms with Crippen LogP contribution in [0.25, 0.3) is 0 Å². The molecule has 9 nitrogen and oxygen atoms in total. The molecule has 1 aliphatic heterocycles. The molecule has 1 aromatic heterocycles. The van der Waals surface area contributed by atoms with E-state index in [-0.39, 0.29) is 29.9 Å². The van der Waals surface area contributed by atoms with Crippen LogP contribution in [0.1, 0.15) is 54.1 Å². The van der Waals surface area contributed by atoms with Crippen LogP contribution in [0.4, 0.5) is 5.82 Å². The number of aryl methyl sites for hydroxylation is 4. The third kappa shape index (κ3) is 6.53. The number of ether oxygens (including phenoxy) is 1. The molecule has 206 valence electrons. The Balaban J connectivity index is 1.33. The van der Waals surface area contributed by atoms with Gasteiger partial charge in [0.2, 0.25) is 15.9 Å². The molecule has 2 aromatic rings. The number of aromatic nitrogens is 1. The highest BCUT2D eigenvalue weighted by Crippen LogP contribution is 2.36. The maximum Gasteiger partial charge on any atom is 0.326 e. The summed E-state index contributed by atoms with van der Waals surface area (Å²) < 4.78 is 34.0. The number of carbonyl (C=O) groups is 2. The number of hydrogen-bond acceptors (Lipinski definition) is 7. The first-order valence-electron chi connectivity index (χ1n) is 13.3. The first-order chi connectivity index (χ1) is 18.1. The Labute approximate surface area is 225 Å². The molecular weight excluding hydrogens is 504 g/mol. The van der Waals surface area contributed by atoms with Crippen molar-refractivity contribution in [3.63, 3.8) is 0 Å². The first-order valence-corrected chi connectivity index (χ1v) is 14.8. The van der Waals surface area contributed by atoms with Gasteiger partial charge in [-0.2, -0.15) is 4.72 Å². The van der Waals surface area contributed by atoms with Crippen molar-refractivity contribution in [1.29, 1.82) is 0 Å². The van der Waals surface area contributed by atoms with Crippen molar-refractivity contribution < 1.29 is 22.7 Å². The standard InChI is InChI=1S/C28H38N4O5S/c1-5-37-28(34)24(32-38(35,36)25-18(3)11-17(2)12-19(25)4)16-30-27(33)22-13-20(14-22)15-23-9-8-21-7-6-10-29-26(21)31-23/h8-9,11-12,20,22,24,32H,5-7,10,13-16H2,1-4H3,(H,29,31)(H,30,33)/t20-,22+,24-/m0/s1. The Bertz CT molecular complexity index is 1280. The SMILES string of the molecule is CCOC(=O)[C@H](CNC(=O)[C@H]1C[C@@H](Cc2ccc3c(n2)NCCC3)C1)NS(=O)(=O)c1c(C)cc(C)cc1C. The van der Waals surface area contributed by atoms with Crippen LogP contribution >= 0.6 is 0 Å². The Hall–Kier alpha value is -2.98. The number of sulfonamides is 1. The number of fused-ring (bicyclic) bond motifs is 1. The average molecular weight is 543 g/mol. The molecule has 1 saturated carbocycles. The van der Waals surface area contributed by atoms with Crippen LogP contribution in [-0.2, 0) is 37.2 Å². The zero-order chi connectivity index (χ0) is 27.4. The molecule has 1 fully saturated rings. The van der Waals surface area contributed by atoms with E-state index in [4.69, 9.17) is 9.72 Å². The smallest absolute Gasteiger partial charge is 0.326 e. The van der Waals surface area contributed by atoms with Gasteiger partial charge in [0.05, 0.1) is 11.5 Å². The second kappa shape index (κ2) is 11.8. The molecule has 1 aromatic carbocycles. The second-order valence-corrected chi connectivity index (χ2v) is 12.1. The van der Waals surface area contributed by atoms with Gasteiger partial charge in [-0.05, 0) is 88.5 Å². The number of amides is 1. The number of carbonyl (C=O) groups excluding carboxylic acids is 2. The molecule has 1 aliphatic carbocycles. The van der Waals surface area contributed by atoms with Crippen LogP contribution in [-0.4, -0.2) is 51.0 Å². The summed E-state index contributed by atoms with van der Waals surface area (Å²) in [5, 5.41) is 6.13. The van der Waals surface area contributed by atoms with E-state index >= 15 is 0 Å². The molecule has 0 bridgehead atoms. The van der Waals surface area contributed by atoms with Crippen molar-refractivity contribution in [3.05, 3.63) is 52.2 Å². The number of nitrogens with one attached hydrogen (secondary N) is 3. The van der Waals surface area contributed by atoms with Crippen molar-refractivity contribution in [1.82, 2.24) is 15.0 Å². The second-order valence-electron chi connectivity index (χ2n) is 10.5. The Morgan fingerprint density at radius 2 is 1.87 bits per heavy atom. The third-order valence-corrected chi connectivity index (χ3v) is 9.05. The monoisotopic (exact) mass is 542 g/mol. The van der Waals surface area contributed by atoms with E-state index in [2.05, 4.69) is 27.5 Å². The lowest BCUT2D eigenvalue weighted by atomic mass is 9.72. The molecule has 3 N–H and O–H groups in total. The van der Waals surface area contributed by atoms with Gasteiger partial charge in [-0.25, -0.2) is 13.4 Å². The molecule has 2 heterocycles. The molecule has 2 aliphatic rings. The van der Waals surface area contributed by atoms with Gasteiger partial charge in [0, 0.05) is 24.7 Å². The lowest BCUT2D eigenvalue weighted by molar-refractivity contribution is -0.145. The zero-order valence-electron chi connectivity index (χ0n) is 22.6. The van der Waals surface area contributed by atoms with Crippen LogP contribution in [0.2, 0.25) is 0 Å². The van der Waals surface area contributed by atoms with Gasteiger partial charge in [-0.15, -0.1) is 0 Å². The van der Waals surface area contributed by atoms with E-state index in [0.717, 1.165) is 55.7 Å². The minimum Gasteiger partial charge on any atom is -0.465 e. The lowest BCUT2D eigenvalue weighted by Gasteiger charge is -2.34. The maximum atomic E-state index is 13.2. The summed E-state index contributed by atoms with van der Waals surface area (Å²) in [5.74, 6) is 0.268. The molecule has 1 amide bonds. The van der Waals surface area contributed by atoms with Gasteiger partial charge in [-0.3, -0.25) is 9.59 Å². The highest BCUT2D eigenvalue weighted by molar-refractivity contribution is 7.89. The summed E-state index contributed by atoms with van der Waals surface area (Å²) in [6.45, 7) is 7.86. The first kappa shape index (κ1) is 28.0. The Kier molecular flexibility index (Phi) is 8.72. The number of benzene rings is 1. The Morgan fingerprint density at radius 1 is 1.16 bits per heavy atom. The van der Waals surface area contributed by atoms with Crippen molar-refractivity contribution >= 4 is 27.7 Å². The van der Waals surface area contributed by atoms with E-state index in [9.17, 15) is 18.0 Å². The van der Waals surface area contributed by atoms with Crippen LogP contribution in [0.15, 0.2) is 29.2 Å². The lowest BCUT2D eigenvalue weighted by Crippen LogP contribution is -2.51. The topological polar surface area (TPSA) is 126 Å². The molecule has 0 spiro atoms. The van der Waals surface area contributed by atoms with Gasteiger partial charge in [-0.1, -0.05) is 23.8 Å². The van der Waals surface area contributed by atoms with E-state index < -0.39 is 22.0 Å². The van der Waals surface area contributed by atoms with Crippen molar-refractivity contribution in [2.45, 2.75) is 70.7 Å². The van der Waals surface area contributed by atoms with Crippen LogP contribution < -0.4 is 15.4 Å². The van der Waals surface area contributed by atoms with Crippen LogP contribution in [0, 0.1) is 32.6 Å². The normalized spacial score (nSPS) is 19.5. The summed E-state index contributed by atoms with van der Waals surface area (Å²) in [7, 11) is -4.02. The van der Waals surface area contributed by atoms with Crippen LogP contribution in [0.5, 0.6) is 0 Å². The van der Waals surface area contributed by atoms with Crippen molar-refractivity contribution in [3.8, 4) is 0 Å². The molecule has 0 saturated heterocycles. The number of esters is 1. The number of pyridine rings is 1. The Morgan fingerprint density at radius 3 is 2.55 bits per heavy atom. The molecule has 1 atom stereocenters. The minimum absolute atomic E-state index is 0.101. The van der Waals surface area contributed by atoms with E-state index in [1.807, 2.05) is 6.92 Å². The summed E-state index contributed by atoms with van der Waals surface area (Å²) in [5.41, 5.74) is 4.41. The van der Waals surface area contributed by atoms with Gasteiger partial charge in [0.15, 0.2) is 0 Å². The molecule has 0 unspecified atom stereocenters. The summed E-state index contributed by atoms with van der Waals surface area (Å²) in [4.78, 5) is 30.3. The molecule has 38 heavy (non-hydrogen) atoms. The quantitative estimate of drug-likeness (QED) is 0.394. The molecule has 0 radical (unpaired) electrons. The van der Waals surface area contributed by atoms with Crippen molar-refractivity contribution in [2.24, 2.45) is 11.8 Å². The van der Waals surface area contributed by atoms with E-state index in [1.165, 1.54) is 5.56 Å². The molecular formula is C28H38N4O5S. The fraction of sp³-hybridized carbons (Fsp3) is 0.536. The van der Waals surface area contributed by atoms with Crippen molar-refractivity contribution in [2.75, 3.05) is 25.0 Å². The van der Waals surface area contributed by atoms with Gasteiger partial charge in [0.25, 0.3) is 0 Å². The zero-order valence-corrected chi connectivity index (χ0v) is 23.4. The summed E-state index contributed by atoms with van der Waals surface area (Å²) in [6.07, 6.45) is 4.45. The molecule has 4 rings (SSSR count). The molecule has 10 heteroatoms. The minimum atomic E-state index is -4.02. The van der Waals surface area contributed by atoms with Gasteiger partial charge in [0.1, 0.15) is 11.9 Å². The van der Waals surface area contributed by atoms with E-state index in [1.54, 1.807) is 32.9 Å².